The number of sulfonamides is 1. The lowest BCUT2D eigenvalue weighted by Crippen LogP contribution is -2.26. The lowest BCUT2D eigenvalue weighted by molar-refractivity contribution is 0.281. The van der Waals surface area contributed by atoms with Gasteiger partial charge in [-0.3, -0.25) is 0 Å². The predicted molar refractivity (Wildman–Crippen MR) is 110 cm³/mol. The van der Waals surface area contributed by atoms with Crippen LogP contribution in [0.4, 0.5) is 0 Å². The Morgan fingerprint density at radius 1 is 1.11 bits per heavy atom. The average Bonchev–Trinajstić information content (AvgIpc) is 3.08. The minimum atomic E-state index is -3.57. The third kappa shape index (κ3) is 5.54. The van der Waals surface area contributed by atoms with Crippen LogP contribution >= 0.6 is 0 Å². The predicted octanol–water partition coefficient (Wildman–Crippen LogP) is 2.41. The molecule has 0 bridgehead atoms. The first-order chi connectivity index (χ1) is 13.4. The lowest BCUT2D eigenvalue weighted by Gasteiger charge is -2.11. The second-order valence-electron chi connectivity index (χ2n) is 6.83. The van der Waals surface area contributed by atoms with E-state index in [2.05, 4.69) is 19.6 Å². The van der Waals surface area contributed by atoms with Crippen LogP contribution < -0.4 is 9.46 Å². The molecule has 7 nitrogen and oxygen atoms in total. The number of aromatic nitrogens is 2. The summed E-state index contributed by atoms with van der Waals surface area (Å²) >= 11 is 0. The molecule has 0 radical (unpaired) electrons. The summed E-state index contributed by atoms with van der Waals surface area (Å²) in [7, 11) is 0.462. The molecule has 150 valence electrons. The zero-order valence-corrected chi connectivity index (χ0v) is 17.0. The van der Waals surface area contributed by atoms with E-state index in [1.807, 2.05) is 38.4 Å². The normalized spacial score (nSPS) is 12.0. The Bertz CT molecular complexity index is 965. The van der Waals surface area contributed by atoms with Crippen LogP contribution in [0.15, 0.2) is 53.4 Å². The molecule has 1 heterocycles. The molecule has 0 aliphatic heterocycles. The summed E-state index contributed by atoms with van der Waals surface area (Å²) in [6, 6.07) is 14.2. The largest absolute Gasteiger partial charge is 0.494 e. The quantitative estimate of drug-likeness (QED) is 0.509. The second-order valence-corrected chi connectivity index (χ2v) is 8.59. The van der Waals surface area contributed by atoms with Gasteiger partial charge in [0.15, 0.2) is 0 Å². The number of ether oxygens (including phenoxy) is 1. The van der Waals surface area contributed by atoms with E-state index in [0.717, 1.165) is 29.8 Å². The highest BCUT2D eigenvalue weighted by Crippen LogP contribution is 2.16. The molecule has 0 unspecified atom stereocenters. The monoisotopic (exact) mass is 402 g/mol. The van der Waals surface area contributed by atoms with E-state index in [1.54, 1.807) is 24.3 Å². The van der Waals surface area contributed by atoms with Crippen molar-refractivity contribution in [2.75, 3.05) is 33.8 Å². The molecular weight excluding hydrogens is 376 g/mol. The molecule has 2 N–H and O–H groups in total. The van der Waals surface area contributed by atoms with E-state index in [4.69, 9.17) is 4.74 Å². The van der Waals surface area contributed by atoms with Crippen molar-refractivity contribution in [3.05, 3.63) is 54.4 Å². The van der Waals surface area contributed by atoms with E-state index < -0.39 is 10.0 Å². The standard InChI is InChI=1S/C20H26N4O3S/c1-24(2)14-5-15-27-16-8-10-17(11-9-16)28(25,26)21-13-12-20-22-18-6-3-4-7-19(18)23-20/h3-4,6-11,21H,5,12-15H2,1-2H3,(H,22,23). The zero-order chi connectivity index (χ0) is 20.0. The Morgan fingerprint density at radius 2 is 1.86 bits per heavy atom. The number of hydrogen-bond donors (Lipinski definition) is 2. The number of para-hydroxylation sites is 2. The molecule has 8 heteroatoms. The topological polar surface area (TPSA) is 87.3 Å². The van der Waals surface area contributed by atoms with Crippen LogP contribution in [0.25, 0.3) is 11.0 Å². The van der Waals surface area contributed by atoms with Crippen molar-refractivity contribution in [2.45, 2.75) is 17.7 Å². The van der Waals surface area contributed by atoms with Crippen molar-refractivity contribution < 1.29 is 13.2 Å². The second kappa shape index (κ2) is 9.18. The third-order valence-corrected chi connectivity index (χ3v) is 5.72. The molecule has 0 atom stereocenters. The SMILES string of the molecule is CN(C)CCCOc1ccc(S(=O)(=O)NCCc2nc3ccccc3[nH]2)cc1. The number of nitrogens with one attached hydrogen (secondary N) is 2. The molecule has 3 aromatic rings. The lowest BCUT2D eigenvalue weighted by atomic mass is 10.3. The van der Waals surface area contributed by atoms with Crippen LogP contribution in [-0.2, 0) is 16.4 Å². The van der Waals surface area contributed by atoms with Crippen molar-refractivity contribution in [2.24, 2.45) is 0 Å². The van der Waals surface area contributed by atoms with Gasteiger partial charge in [0.05, 0.1) is 22.5 Å². The number of H-pyrrole nitrogens is 1. The number of fused-ring (bicyclic) bond motifs is 1. The summed E-state index contributed by atoms with van der Waals surface area (Å²) in [5.41, 5.74) is 1.82. The maximum absolute atomic E-state index is 12.5. The number of hydrogen-bond acceptors (Lipinski definition) is 5. The Balaban J connectivity index is 1.50. The molecule has 3 rings (SSSR count). The Labute approximate surface area is 165 Å². The van der Waals surface area contributed by atoms with Gasteiger partial charge in [-0.1, -0.05) is 12.1 Å². The fraction of sp³-hybridized carbons (Fsp3) is 0.350. The molecule has 0 saturated carbocycles. The number of benzene rings is 2. The first-order valence-electron chi connectivity index (χ1n) is 9.25. The molecule has 0 aliphatic carbocycles. The van der Waals surface area contributed by atoms with E-state index in [9.17, 15) is 8.42 Å². The van der Waals surface area contributed by atoms with E-state index in [0.29, 0.717) is 18.8 Å². The number of rotatable bonds is 10. The van der Waals surface area contributed by atoms with Crippen molar-refractivity contribution in [3.8, 4) is 5.75 Å². The van der Waals surface area contributed by atoms with Crippen LogP contribution in [0.2, 0.25) is 0 Å². The summed E-state index contributed by atoms with van der Waals surface area (Å²) in [5.74, 6) is 1.42. The molecule has 0 fully saturated rings. The van der Waals surface area contributed by atoms with Gasteiger partial charge in [0.2, 0.25) is 10.0 Å². The first-order valence-corrected chi connectivity index (χ1v) is 10.7. The van der Waals surface area contributed by atoms with Crippen molar-refractivity contribution in [1.82, 2.24) is 19.6 Å². The molecule has 2 aromatic carbocycles. The summed E-state index contributed by atoms with van der Waals surface area (Å²) in [5, 5.41) is 0. The van der Waals surface area contributed by atoms with Gasteiger partial charge >= 0.3 is 0 Å². The van der Waals surface area contributed by atoms with Gasteiger partial charge in [-0.15, -0.1) is 0 Å². The summed E-state index contributed by atoms with van der Waals surface area (Å²) in [6.45, 7) is 1.81. The number of imidazole rings is 1. The van der Waals surface area contributed by atoms with Gasteiger partial charge in [0.25, 0.3) is 0 Å². The highest BCUT2D eigenvalue weighted by atomic mass is 32.2. The number of aromatic amines is 1. The van der Waals surface area contributed by atoms with Crippen LogP contribution in [0.3, 0.4) is 0 Å². The summed E-state index contributed by atoms with van der Waals surface area (Å²) in [4.78, 5) is 9.96. The smallest absolute Gasteiger partial charge is 0.240 e. The Kier molecular flexibility index (Phi) is 6.66. The molecule has 28 heavy (non-hydrogen) atoms. The van der Waals surface area contributed by atoms with E-state index >= 15 is 0 Å². The van der Waals surface area contributed by atoms with Gasteiger partial charge in [0.1, 0.15) is 11.6 Å². The first kappa shape index (κ1) is 20.3. The van der Waals surface area contributed by atoms with Gasteiger partial charge in [-0.05, 0) is 56.9 Å². The molecular formula is C20H26N4O3S. The van der Waals surface area contributed by atoms with Crippen molar-refractivity contribution in [1.29, 1.82) is 0 Å². The highest BCUT2D eigenvalue weighted by Gasteiger charge is 2.14. The minimum Gasteiger partial charge on any atom is -0.494 e. The third-order valence-electron chi connectivity index (χ3n) is 4.24. The highest BCUT2D eigenvalue weighted by molar-refractivity contribution is 7.89. The molecule has 0 aliphatic rings. The fourth-order valence-corrected chi connectivity index (χ4v) is 3.83. The van der Waals surface area contributed by atoms with Crippen LogP contribution in [0.5, 0.6) is 5.75 Å². The van der Waals surface area contributed by atoms with Crippen LogP contribution in [-0.4, -0.2) is 57.1 Å². The summed E-state index contributed by atoms with van der Waals surface area (Å²) in [6.07, 6.45) is 1.40. The van der Waals surface area contributed by atoms with Crippen molar-refractivity contribution in [3.63, 3.8) is 0 Å². The zero-order valence-electron chi connectivity index (χ0n) is 16.2. The number of nitrogens with zero attached hydrogens (tertiary/aromatic N) is 2. The summed E-state index contributed by atoms with van der Waals surface area (Å²) < 4.78 is 33.2. The van der Waals surface area contributed by atoms with Gasteiger partial charge in [-0.2, -0.15) is 0 Å². The van der Waals surface area contributed by atoms with Gasteiger partial charge in [-0.25, -0.2) is 18.1 Å². The molecule has 0 amide bonds. The molecule has 0 saturated heterocycles. The maximum Gasteiger partial charge on any atom is 0.240 e. The Morgan fingerprint density at radius 3 is 2.57 bits per heavy atom. The maximum atomic E-state index is 12.5. The molecule has 1 aromatic heterocycles. The van der Waals surface area contributed by atoms with Crippen LogP contribution in [0, 0.1) is 0 Å². The van der Waals surface area contributed by atoms with Gasteiger partial charge in [0, 0.05) is 19.5 Å². The minimum absolute atomic E-state index is 0.220. The Hall–Kier alpha value is -2.42. The van der Waals surface area contributed by atoms with Gasteiger partial charge < -0.3 is 14.6 Å². The van der Waals surface area contributed by atoms with E-state index in [-0.39, 0.29) is 11.4 Å². The van der Waals surface area contributed by atoms with E-state index in [1.165, 1.54) is 0 Å². The van der Waals surface area contributed by atoms with Crippen LogP contribution in [0.1, 0.15) is 12.2 Å². The van der Waals surface area contributed by atoms with Crippen molar-refractivity contribution >= 4 is 21.1 Å². The fourth-order valence-electron chi connectivity index (χ4n) is 2.80. The molecule has 0 spiro atoms. The average molecular weight is 403 g/mol.